The average molecular weight is 445 g/mol. The first-order valence-corrected chi connectivity index (χ1v) is 12.1. The van der Waals surface area contributed by atoms with Crippen molar-refractivity contribution in [2.45, 2.75) is 57.8 Å². The van der Waals surface area contributed by atoms with Crippen LogP contribution in [0.1, 0.15) is 51.9 Å². The summed E-state index contributed by atoms with van der Waals surface area (Å²) in [5.41, 5.74) is 0. The van der Waals surface area contributed by atoms with E-state index in [4.69, 9.17) is 14.2 Å². The molecule has 3 nitrogen and oxygen atoms in total. The fourth-order valence-corrected chi connectivity index (χ4v) is 3.83. The zero-order valence-corrected chi connectivity index (χ0v) is 19.7. The van der Waals surface area contributed by atoms with Crippen molar-refractivity contribution in [2.24, 2.45) is 5.92 Å². The van der Waals surface area contributed by atoms with Gasteiger partial charge in [0, 0.05) is 0 Å². The van der Waals surface area contributed by atoms with Gasteiger partial charge in [0.15, 0.2) is 0 Å². The van der Waals surface area contributed by atoms with Crippen molar-refractivity contribution in [3.8, 4) is 17.2 Å². The van der Waals surface area contributed by atoms with Crippen LogP contribution in [0.2, 0.25) is 0 Å². The molecule has 0 spiro atoms. The van der Waals surface area contributed by atoms with Crippen molar-refractivity contribution in [2.75, 3.05) is 0 Å². The molecule has 0 aliphatic rings. The number of benzene rings is 3. The van der Waals surface area contributed by atoms with Crippen molar-refractivity contribution >= 4 is 0 Å². The predicted molar refractivity (Wildman–Crippen MR) is 136 cm³/mol. The van der Waals surface area contributed by atoms with Gasteiger partial charge in [0.05, 0.1) is 5.92 Å². The fourth-order valence-electron chi connectivity index (χ4n) is 3.83. The van der Waals surface area contributed by atoms with Gasteiger partial charge in [0.1, 0.15) is 17.2 Å². The minimum absolute atomic E-state index is 0.190. The van der Waals surface area contributed by atoms with Crippen LogP contribution < -0.4 is 14.2 Å². The van der Waals surface area contributed by atoms with E-state index >= 15 is 0 Å². The lowest BCUT2D eigenvalue weighted by molar-refractivity contribution is -0.277. The molecule has 1 atom stereocenters. The molecule has 0 heterocycles. The van der Waals surface area contributed by atoms with E-state index in [2.05, 4.69) is 13.5 Å². The Balaban J connectivity index is 1.91. The zero-order valence-electron chi connectivity index (χ0n) is 19.7. The highest BCUT2D eigenvalue weighted by Crippen LogP contribution is 2.35. The monoisotopic (exact) mass is 444 g/mol. The van der Waals surface area contributed by atoms with Crippen LogP contribution in [0.15, 0.2) is 104 Å². The molecule has 174 valence electrons. The van der Waals surface area contributed by atoms with E-state index in [0.717, 1.165) is 12.8 Å². The first-order chi connectivity index (χ1) is 16.3. The largest absolute Gasteiger partial charge is 0.423 e. The van der Waals surface area contributed by atoms with Crippen LogP contribution in [-0.4, -0.2) is 5.97 Å². The molecule has 0 saturated heterocycles. The van der Waals surface area contributed by atoms with Crippen molar-refractivity contribution in [1.29, 1.82) is 0 Å². The summed E-state index contributed by atoms with van der Waals surface area (Å²) in [5.74, 6) is 0.455. The quantitative estimate of drug-likeness (QED) is 0.134. The molecule has 0 amide bonds. The Labute approximate surface area is 199 Å². The summed E-state index contributed by atoms with van der Waals surface area (Å²) in [5, 5.41) is 0. The summed E-state index contributed by atoms with van der Waals surface area (Å²) < 4.78 is 19.6. The first-order valence-electron chi connectivity index (χ1n) is 12.1. The van der Waals surface area contributed by atoms with Gasteiger partial charge in [-0.25, -0.2) is 0 Å². The van der Waals surface area contributed by atoms with Crippen molar-refractivity contribution in [3.63, 3.8) is 0 Å². The molecule has 0 aromatic heterocycles. The molecule has 0 aliphatic carbocycles. The van der Waals surface area contributed by atoms with Crippen LogP contribution in [0.5, 0.6) is 17.2 Å². The second-order valence-corrected chi connectivity index (χ2v) is 8.25. The van der Waals surface area contributed by atoms with Gasteiger partial charge in [-0.2, -0.15) is 0 Å². The standard InChI is InChI=1S/C30H36O3/c1-3-5-6-7-8-12-19-26(4-2)30(31-27-20-13-9-14-21-27,32-28-22-15-10-16-23-28)33-29-24-17-11-18-25-29/h4,9-11,13-18,20-26H,2-3,5-8,12,19H2,1H3. The first kappa shape index (κ1) is 24.4. The molecule has 33 heavy (non-hydrogen) atoms. The van der Waals surface area contributed by atoms with E-state index in [0.29, 0.717) is 17.2 Å². The van der Waals surface area contributed by atoms with Crippen LogP contribution in [-0.2, 0) is 0 Å². The van der Waals surface area contributed by atoms with Crippen LogP contribution in [0.25, 0.3) is 0 Å². The maximum Gasteiger partial charge on any atom is 0.423 e. The summed E-state index contributed by atoms with van der Waals surface area (Å²) in [7, 11) is 0. The molecule has 3 rings (SSSR count). The van der Waals surface area contributed by atoms with Crippen molar-refractivity contribution in [1.82, 2.24) is 0 Å². The highest BCUT2D eigenvalue weighted by atomic mass is 16.9. The van der Waals surface area contributed by atoms with Crippen LogP contribution in [0.4, 0.5) is 0 Å². The van der Waals surface area contributed by atoms with Crippen LogP contribution in [0.3, 0.4) is 0 Å². The Bertz CT molecular complexity index is 808. The molecule has 0 radical (unpaired) electrons. The minimum Gasteiger partial charge on any atom is -0.420 e. The lowest BCUT2D eigenvalue weighted by Gasteiger charge is -2.38. The Morgan fingerprint density at radius 2 is 1.03 bits per heavy atom. The number of hydrogen-bond donors (Lipinski definition) is 0. The van der Waals surface area contributed by atoms with Gasteiger partial charge >= 0.3 is 5.97 Å². The molecule has 0 aliphatic heterocycles. The fraction of sp³-hybridized carbons (Fsp3) is 0.333. The van der Waals surface area contributed by atoms with Crippen LogP contribution >= 0.6 is 0 Å². The lowest BCUT2D eigenvalue weighted by Crippen LogP contribution is -2.54. The summed E-state index contributed by atoms with van der Waals surface area (Å²) >= 11 is 0. The number of hydrogen-bond acceptors (Lipinski definition) is 3. The number of para-hydroxylation sites is 3. The molecule has 1 unspecified atom stereocenters. The Kier molecular flexibility index (Phi) is 9.90. The molecule has 0 N–H and O–H groups in total. The highest BCUT2D eigenvalue weighted by Gasteiger charge is 2.46. The van der Waals surface area contributed by atoms with Gasteiger partial charge in [0.2, 0.25) is 0 Å². The smallest absolute Gasteiger partial charge is 0.420 e. The van der Waals surface area contributed by atoms with E-state index in [1.165, 1.54) is 32.1 Å². The van der Waals surface area contributed by atoms with Crippen molar-refractivity contribution < 1.29 is 14.2 Å². The third-order valence-corrected chi connectivity index (χ3v) is 5.62. The third-order valence-electron chi connectivity index (χ3n) is 5.62. The molecular formula is C30H36O3. The summed E-state index contributed by atoms with van der Waals surface area (Å²) in [6, 6.07) is 29.1. The van der Waals surface area contributed by atoms with Gasteiger partial charge in [-0.15, -0.1) is 6.58 Å². The molecule has 3 aromatic rings. The average Bonchev–Trinajstić information content (AvgIpc) is 2.85. The number of ether oxygens (including phenoxy) is 3. The topological polar surface area (TPSA) is 27.7 Å². The molecule has 0 saturated carbocycles. The molecular weight excluding hydrogens is 408 g/mol. The minimum atomic E-state index is -1.39. The van der Waals surface area contributed by atoms with E-state index in [-0.39, 0.29) is 5.92 Å². The maximum absolute atomic E-state index is 6.54. The van der Waals surface area contributed by atoms with Gasteiger partial charge in [0.25, 0.3) is 0 Å². The summed E-state index contributed by atoms with van der Waals surface area (Å²) in [4.78, 5) is 0. The van der Waals surface area contributed by atoms with E-state index < -0.39 is 5.97 Å². The lowest BCUT2D eigenvalue weighted by atomic mass is 9.97. The second kappa shape index (κ2) is 13.4. The van der Waals surface area contributed by atoms with Gasteiger partial charge < -0.3 is 14.2 Å². The molecule has 3 heteroatoms. The Hall–Kier alpha value is -3.20. The molecule has 0 fully saturated rings. The third kappa shape index (κ3) is 7.71. The second-order valence-electron chi connectivity index (χ2n) is 8.25. The number of rotatable bonds is 15. The normalized spacial score (nSPS) is 12.0. The molecule has 3 aromatic carbocycles. The number of unbranched alkanes of at least 4 members (excludes halogenated alkanes) is 5. The highest BCUT2D eigenvalue weighted by molar-refractivity contribution is 5.27. The van der Waals surface area contributed by atoms with Crippen LogP contribution in [0, 0.1) is 5.92 Å². The van der Waals surface area contributed by atoms with Crippen molar-refractivity contribution in [3.05, 3.63) is 104 Å². The predicted octanol–water partition coefficient (Wildman–Crippen LogP) is 8.43. The van der Waals surface area contributed by atoms with E-state index in [1.807, 2.05) is 97.1 Å². The molecule has 0 bridgehead atoms. The van der Waals surface area contributed by atoms with Gasteiger partial charge in [-0.05, 0) is 42.8 Å². The summed E-state index contributed by atoms with van der Waals surface area (Å²) in [6.07, 6.45) is 10.0. The zero-order chi connectivity index (χ0) is 23.2. The van der Waals surface area contributed by atoms with Gasteiger partial charge in [-0.3, -0.25) is 0 Å². The van der Waals surface area contributed by atoms with Gasteiger partial charge in [-0.1, -0.05) is 106 Å². The van der Waals surface area contributed by atoms with E-state index in [9.17, 15) is 0 Å². The maximum atomic E-state index is 6.54. The Morgan fingerprint density at radius 1 is 0.636 bits per heavy atom. The Morgan fingerprint density at radius 3 is 1.42 bits per heavy atom. The van der Waals surface area contributed by atoms with E-state index in [1.54, 1.807) is 0 Å². The summed E-state index contributed by atoms with van der Waals surface area (Å²) in [6.45, 7) is 6.38. The SMILES string of the molecule is C=CC(CCCCCCCC)C(Oc1ccccc1)(Oc1ccccc1)Oc1ccccc1.